The van der Waals surface area contributed by atoms with E-state index in [1.165, 1.54) is 38.2 Å². The highest BCUT2D eigenvalue weighted by molar-refractivity contribution is 5.86. The van der Waals surface area contributed by atoms with Gasteiger partial charge in [0.2, 0.25) is 0 Å². The molecule has 29 heavy (non-hydrogen) atoms. The molecular weight excluding hydrogens is 348 g/mol. The molecule has 0 N–H and O–H groups in total. The Kier molecular flexibility index (Phi) is 7.19. The number of aryl methyl sites for hydroxylation is 3. The number of hydrogen-bond donors (Lipinski definition) is 0. The molecule has 0 radical (unpaired) electrons. The lowest BCUT2D eigenvalue weighted by Crippen LogP contribution is -1.75. The Morgan fingerprint density at radius 1 is 0.345 bits per heavy atom. The van der Waals surface area contributed by atoms with E-state index >= 15 is 0 Å². The molecule has 5 rings (SSSR count). The second-order valence-electron chi connectivity index (χ2n) is 7.25. The predicted molar refractivity (Wildman–Crippen MR) is 129 cm³/mol. The average molecular weight is 377 g/mol. The van der Waals surface area contributed by atoms with Crippen molar-refractivity contribution >= 4 is 21.5 Å². The summed E-state index contributed by atoms with van der Waals surface area (Å²) in [5.74, 6) is 0. The van der Waals surface area contributed by atoms with Crippen LogP contribution < -0.4 is 0 Å². The zero-order chi connectivity index (χ0) is 20.5. The van der Waals surface area contributed by atoms with Gasteiger partial charge < -0.3 is 0 Å². The summed E-state index contributed by atoms with van der Waals surface area (Å²) >= 11 is 0. The lowest BCUT2D eigenvalue weighted by atomic mass is 10.1. The van der Waals surface area contributed by atoms with Gasteiger partial charge in [-0.15, -0.1) is 0 Å². The van der Waals surface area contributed by atoms with Gasteiger partial charge in [0.25, 0.3) is 0 Å². The van der Waals surface area contributed by atoms with E-state index in [9.17, 15) is 0 Å². The van der Waals surface area contributed by atoms with Gasteiger partial charge in [-0.1, -0.05) is 121 Å². The summed E-state index contributed by atoms with van der Waals surface area (Å²) in [6.07, 6.45) is 0. The van der Waals surface area contributed by atoms with E-state index in [-0.39, 0.29) is 0 Å². The van der Waals surface area contributed by atoms with Gasteiger partial charge in [0, 0.05) is 0 Å². The monoisotopic (exact) mass is 376 g/mol. The zero-order valence-electron chi connectivity index (χ0n) is 17.5. The Morgan fingerprint density at radius 3 is 1.10 bits per heavy atom. The molecule has 0 aliphatic carbocycles. The minimum absolute atomic E-state index is 1.32. The van der Waals surface area contributed by atoms with Crippen molar-refractivity contribution in [2.75, 3.05) is 0 Å². The first-order valence-corrected chi connectivity index (χ1v) is 10.1. The van der Waals surface area contributed by atoms with Crippen molar-refractivity contribution < 1.29 is 0 Å². The summed E-state index contributed by atoms with van der Waals surface area (Å²) in [7, 11) is 0. The second-order valence-corrected chi connectivity index (χ2v) is 7.25. The fraction of sp³-hybridized carbons (Fsp3) is 0.103. The maximum absolute atomic E-state index is 2.16. The standard InChI is InChI=1S/2C11H10.C7H8/c2*1-9-5-4-7-10-6-2-3-8-11(9)10;1-7-5-3-2-4-6-7/h2*2-8H,1H3;2-6H,1H3. The number of fused-ring (bicyclic) bond motifs is 2. The summed E-state index contributed by atoms with van der Waals surface area (Å²) in [5, 5.41) is 5.37. The fourth-order valence-corrected chi connectivity index (χ4v) is 3.31. The maximum Gasteiger partial charge on any atom is -0.0155 e. The first-order chi connectivity index (χ1) is 14.1. The molecule has 0 spiro atoms. The molecule has 5 aromatic carbocycles. The molecule has 0 saturated carbocycles. The van der Waals surface area contributed by atoms with E-state index in [0.29, 0.717) is 0 Å². The van der Waals surface area contributed by atoms with Crippen molar-refractivity contribution in [1.82, 2.24) is 0 Å². The van der Waals surface area contributed by atoms with Crippen LogP contribution in [0.5, 0.6) is 0 Å². The van der Waals surface area contributed by atoms with Gasteiger partial charge in [-0.25, -0.2) is 0 Å². The molecule has 0 fully saturated rings. The van der Waals surface area contributed by atoms with E-state index in [2.05, 4.69) is 118 Å². The molecule has 0 amide bonds. The van der Waals surface area contributed by atoms with Gasteiger partial charge in [0.15, 0.2) is 0 Å². The second kappa shape index (κ2) is 10.2. The molecule has 0 nitrogen and oxygen atoms in total. The van der Waals surface area contributed by atoms with Crippen LogP contribution in [-0.2, 0) is 0 Å². The van der Waals surface area contributed by atoms with E-state index in [4.69, 9.17) is 0 Å². The van der Waals surface area contributed by atoms with Crippen LogP contribution >= 0.6 is 0 Å². The summed E-state index contributed by atoms with van der Waals surface area (Å²) in [6.45, 7) is 6.37. The Morgan fingerprint density at radius 2 is 0.724 bits per heavy atom. The van der Waals surface area contributed by atoms with Gasteiger partial charge in [0.05, 0.1) is 0 Å². The largest absolute Gasteiger partial charge is 0.0622 e. The molecule has 0 aliphatic heterocycles. The van der Waals surface area contributed by atoms with Crippen LogP contribution in [0.4, 0.5) is 0 Å². The van der Waals surface area contributed by atoms with Crippen LogP contribution in [0.3, 0.4) is 0 Å². The molecule has 0 aliphatic rings. The molecule has 0 heterocycles. The van der Waals surface area contributed by atoms with Crippen molar-refractivity contribution in [1.29, 1.82) is 0 Å². The van der Waals surface area contributed by atoms with E-state index in [1.54, 1.807) is 0 Å². The maximum atomic E-state index is 2.16. The third-order valence-corrected chi connectivity index (χ3v) is 4.96. The van der Waals surface area contributed by atoms with Gasteiger partial charge >= 0.3 is 0 Å². The Labute approximate surface area is 174 Å². The van der Waals surface area contributed by atoms with Crippen LogP contribution in [0.1, 0.15) is 16.7 Å². The predicted octanol–water partition coefficient (Wildman–Crippen LogP) is 8.29. The molecular formula is C29H28. The third-order valence-electron chi connectivity index (χ3n) is 4.96. The third kappa shape index (κ3) is 5.80. The normalized spacial score (nSPS) is 9.90. The van der Waals surface area contributed by atoms with Gasteiger partial charge in [-0.3, -0.25) is 0 Å². The van der Waals surface area contributed by atoms with Gasteiger partial charge in [-0.05, 0) is 53.4 Å². The summed E-state index contributed by atoms with van der Waals surface area (Å²) in [4.78, 5) is 0. The summed E-state index contributed by atoms with van der Waals surface area (Å²) < 4.78 is 0. The smallest absolute Gasteiger partial charge is 0.0155 e. The van der Waals surface area contributed by atoms with Crippen LogP contribution in [0.2, 0.25) is 0 Å². The zero-order valence-corrected chi connectivity index (χ0v) is 17.5. The number of rotatable bonds is 0. The topological polar surface area (TPSA) is 0 Å². The summed E-state index contributed by atoms with van der Waals surface area (Å²) in [5.41, 5.74) is 4.02. The molecule has 0 atom stereocenters. The van der Waals surface area contributed by atoms with Crippen molar-refractivity contribution in [3.05, 3.63) is 132 Å². The van der Waals surface area contributed by atoms with Crippen molar-refractivity contribution in [2.45, 2.75) is 20.8 Å². The van der Waals surface area contributed by atoms with Crippen molar-refractivity contribution in [3.63, 3.8) is 0 Å². The lowest BCUT2D eigenvalue weighted by Gasteiger charge is -1.98. The molecule has 0 saturated heterocycles. The highest BCUT2D eigenvalue weighted by Crippen LogP contribution is 2.17. The number of benzene rings is 5. The molecule has 0 unspecified atom stereocenters. The quantitative estimate of drug-likeness (QED) is 0.255. The molecule has 0 bridgehead atoms. The Hall–Kier alpha value is -3.38. The highest BCUT2D eigenvalue weighted by Gasteiger charge is 1.93. The van der Waals surface area contributed by atoms with Gasteiger partial charge in [-0.2, -0.15) is 0 Å². The average Bonchev–Trinajstić information content (AvgIpc) is 2.76. The van der Waals surface area contributed by atoms with Crippen LogP contribution in [0.15, 0.2) is 115 Å². The van der Waals surface area contributed by atoms with Crippen LogP contribution in [-0.4, -0.2) is 0 Å². The Bertz CT molecular complexity index is 1080. The van der Waals surface area contributed by atoms with Crippen LogP contribution in [0.25, 0.3) is 21.5 Å². The minimum atomic E-state index is 1.32. The highest BCUT2D eigenvalue weighted by atomic mass is 14.0. The van der Waals surface area contributed by atoms with E-state index < -0.39 is 0 Å². The van der Waals surface area contributed by atoms with E-state index in [0.717, 1.165) is 0 Å². The van der Waals surface area contributed by atoms with Crippen molar-refractivity contribution in [2.24, 2.45) is 0 Å². The molecule has 144 valence electrons. The minimum Gasteiger partial charge on any atom is -0.0622 e. The summed E-state index contributed by atoms with van der Waals surface area (Å²) in [6, 6.07) is 39.9. The molecule has 0 aromatic heterocycles. The van der Waals surface area contributed by atoms with Crippen LogP contribution in [0, 0.1) is 20.8 Å². The molecule has 5 aromatic rings. The Balaban J connectivity index is 0.000000128. The van der Waals surface area contributed by atoms with E-state index in [1.807, 2.05) is 18.2 Å². The molecule has 0 heteroatoms. The first-order valence-electron chi connectivity index (χ1n) is 10.1. The first kappa shape index (κ1) is 20.4. The van der Waals surface area contributed by atoms with Crippen molar-refractivity contribution in [3.8, 4) is 0 Å². The van der Waals surface area contributed by atoms with Gasteiger partial charge in [0.1, 0.15) is 0 Å². The number of hydrogen-bond acceptors (Lipinski definition) is 0. The SMILES string of the molecule is Cc1cccc2ccccc12.Cc1cccc2ccccc12.Cc1ccccc1. The fourth-order valence-electron chi connectivity index (χ4n) is 3.31. The lowest BCUT2D eigenvalue weighted by molar-refractivity contribution is 1.48.